The van der Waals surface area contributed by atoms with Gasteiger partial charge in [0.05, 0.1) is 0 Å². The third kappa shape index (κ3) is 5.40. The van der Waals surface area contributed by atoms with Gasteiger partial charge in [-0.15, -0.1) is 0 Å². The molecule has 0 radical (unpaired) electrons. The Hall–Kier alpha value is -0.253. The standard InChI is InChI=1S/C12H20OSSi/c1-12(2,13-15(3,4)5)14-11-9-7-6-8-10-11/h6-10H,1-5H3. The largest absolute Gasteiger partial charge is 0.404 e. The molecule has 0 aliphatic heterocycles. The van der Waals surface area contributed by atoms with E-state index < -0.39 is 8.32 Å². The number of benzene rings is 1. The maximum Gasteiger partial charge on any atom is 0.185 e. The first kappa shape index (κ1) is 12.8. The normalized spacial score (nSPS) is 12.9. The molecule has 15 heavy (non-hydrogen) atoms. The number of rotatable bonds is 4. The quantitative estimate of drug-likeness (QED) is 0.439. The number of hydrogen-bond donors (Lipinski definition) is 0. The average molecular weight is 240 g/mol. The molecule has 0 aliphatic rings. The van der Waals surface area contributed by atoms with Crippen molar-refractivity contribution in [3.05, 3.63) is 30.3 Å². The summed E-state index contributed by atoms with van der Waals surface area (Å²) < 4.78 is 6.13. The molecule has 0 aromatic heterocycles. The Kier molecular flexibility index (Phi) is 4.03. The van der Waals surface area contributed by atoms with Crippen LogP contribution < -0.4 is 0 Å². The van der Waals surface area contributed by atoms with E-state index in [2.05, 4.69) is 57.8 Å². The molecule has 0 heterocycles. The van der Waals surface area contributed by atoms with Gasteiger partial charge in [-0.1, -0.05) is 30.0 Å². The second-order valence-electron chi connectivity index (χ2n) is 5.03. The zero-order valence-electron chi connectivity index (χ0n) is 10.2. The van der Waals surface area contributed by atoms with E-state index in [-0.39, 0.29) is 4.93 Å². The van der Waals surface area contributed by atoms with Crippen LogP contribution in [0.2, 0.25) is 19.6 Å². The van der Waals surface area contributed by atoms with Crippen molar-refractivity contribution in [1.82, 2.24) is 0 Å². The zero-order chi connectivity index (χ0) is 11.5. The summed E-state index contributed by atoms with van der Waals surface area (Å²) in [5, 5.41) is 0. The highest BCUT2D eigenvalue weighted by atomic mass is 32.2. The SMILES string of the molecule is CC(C)(O[Si](C)(C)C)Sc1ccccc1. The third-order valence-electron chi connectivity index (χ3n) is 1.66. The fourth-order valence-electron chi connectivity index (χ4n) is 1.53. The van der Waals surface area contributed by atoms with Gasteiger partial charge in [0.15, 0.2) is 8.32 Å². The second kappa shape index (κ2) is 4.72. The Morgan fingerprint density at radius 1 is 1.07 bits per heavy atom. The minimum absolute atomic E-state index is 0.133. The van der Waals surface area contributed by atoms with Gasteiger partial charge >= 0.3 is 0 Å². The van der Waals surface area contributed by atoms with E-state index in [0.717, 1.165) is 0 Å². The molecular weight excluding hydrogens is 220 g/mol. The molecule has 0 N–H and O–H groups in total. The molecule has 0 atom stereocenters. The molecule has 1 nitrogen and oxygen atoms in total. The fourth-order valence-corrected chi connectivity index (χ4v) is 4.78. The molecule has 1 aromatic carbocycles. The lowest BCUT2D eigenvalue weighted by atomic mass is 10.4. The van der Waals surface area contributed by atoms with Crippen molar-refractivity contribution >= 4 is 20.1 Å². The first-order valence-corrected chi connectivity index (χ1v) is 9.45. The molecular formula is C12H20OSSi. The second-order valence-corrected chi connectivity index (χ2v) is 11.1. The van der Waals surface area contributed by atoms with E-state index in [1.165, 1.54) is 4.90 Å². The van der Waals surface area contributed by atoms with Crippen molar-refractivity contribution in [2.24, 2.45) is 0 Å². The van der Waals surface area contributed by atoms with Crippen LogP contribution >= 0.6 is 11.8 Å². The molecule has 84 valence electrons. The lowest BCUT2D eigenvalue weighted by molar-refractivity contribution is 0.199. The van der Waals surface area contributed by atoms with Crippen LogP contribution in [0, 0.1) is 0 Å². The molecule has 0 saturated carbocycles. The Labute approximate surface area is 98.4 Å². The van der Waals surface area contributed by atoms with Gasteiger partial charge in [-0.25, -0.2) is 0 Å². The first-order chi connectivity index (χ1) is 6.79. The van der Waals surface area contributed by atoms with Crippen LogP contribution in [0.25, 0.3) is 0 Å². The van der Waals surface area contributed by atoms with Gasteiger partial charge in [0.1, 0.15) is 4.93 Å². The topological polar surface area (TPSA) is 9.23 Å². The Bertz CT molecular complexity index is 303. The molecule has 0 spiro atoms. The molecule has 0 saturated heterocycles. The number of hydrogen-bond acceptors (Lipinski definition) is 2. The summed E-state index contributed by atoms with van der Waals surface area (Å²) in [6.07, 6.45) is 0. The zero-order valence-corrected chi connectivity index (χ0v) is 12.0. The third-order valence-corrected chi connectivity index (χ3v) is 4.01. The van der Waals surface area contributed by atoms with E-state index in [0.29, 0.717) is 0 Å². The maximum atomic E-state index is 6.13. The van der Waals surface area contributed by atoms with Crippen molar-refractivity contribution in [2.45, 2.75) is 43.3 Å². The van der Waals surface area contributed by atoms with Crippen molar-refractivity contribution in [2.75, 3.05) is 0 Å². The molecule has 0 unspecified atom stereocenters. The smallest absolute Gasteiger partial charge is 0.185 e. The Balaban J connectivity index is 2.65. The molecule has 0 fully saturated rings. The Morgan fingerprint density at radius 2 is 1.60 bits per heavy atom. The van der Waals surface area contributed by atoms with Gasteiger partial charge in [-0.3, -0.25) is 0 Å². The summed E-state index contributed by atoms with van der Waals surface area (Å²) in [7, 11) is -1.47. The highest BCUT2D eigenvalue weighted by Gasteiger charge is 2.27. The van der Waals surface area contributed by atoms with Crippen LogP contribution in [-0.4, -0.2) is 13.3 Å². The monoisotopic (exact) mass is 240 g/mol. The summed E-state index contributed by atoms with van der Waals surface area (Å²) in [5.41, 5.74) is 0. The van der Waals surface area contributed by atoms with Crippen molar-refractivity contribution in [1.29, 1.82) is 0 Å². The molecule has 3 heteroatoms. The molecule has 0 bridgehead atoms. The van der Waals surface area contributed by atoms with Crippen LogP contribution in [0.3, 0.4) is 0 Å². The fraction of sp³-hybridized carbons (Fsp3) is 0.500. The molecule has 1 aromatic rings. The highest BCUT2D eigenvalue weighted by molar-refractivity contribution is 8.00. The van der Waals surface area contributed by atoms with E-state index >= 15 is 0 Å². The van der Waals surface area contributed by atoms with Gasteiger partial charge in [0, 0.05) is 4.90 Å². The Morgan fingerprint density at radius 3 is 2.07 bits per heavy atom. The van der Waals surface area contributed by atoms with Crippen LogP contribution in [0.1, 0.15) is 13.8 Å². The summed E-state index contributed by atoms with van der Waals surface area (Å²) >= 11 is 1.79. The summed E-state index contributed by atoms with van der Waals surface area (Å²) in [5.74, 6) is 0. The van der Waals surface area contributed by atoms with Gasteiger partial charge in [-0.05, 0) is 45.6 Å². The lowest BCUT2D eigenvalue weighted by Gasteiger charge is -2.32. The molecule has 0 amide bonds. The maximum absolute atomic E-state index is 6.13. The van der Waals surface area contributed by atoms with Crippen molar-refractivity contribution < 1.29 is 4.43 Å². The van der Waals surface area contributed by atoms with Gasteiger partial charge in [0.25, 0.3) is 0 Å². The van der Waals surface area contributed by atoms with Crippen LogP contribution in [0.5, 0.6) is 0 Å². The van der Waals surface area contributed by atoms with Crippen LogP contribution in [0.4, 0.5) is 0 Å². The predicted octanol–water partition coefficient (Wildman–Crippen LogP) is 4.37. The minimum Gasteiger partial charge on any atom is -0.404 e. The van der Waals surface area contributed by atoms with Gasteiger partial charge < -0.3 is 4.43 Å². The van der Waals surface area contributed by atoms with E-state index in [1.54, 1.807) is 11.8 Å². The predicted molar refractivity (Wildman–Crippen MR) is 70.8 cm³/mol. The van der Waals surface area contributed by atoms with E-state index in [9.17, 15) is 0 Å². The first-order valence-electron chi connectivity index (χ1n) is 5.23. The molecule has 1 rings (SSSR count). The highest BCUT2D eigenvalue weighted by Crippen LogP contribution is 2.35. The van der Waals surface area contributed by atoms with E-state index in [4.69, 9.17) is 4.43 Å². The molecule has 0 aliphatic carbocycles. The minimum atomic E-state index is -1.47. The van der Waals surface area contributed by atoms with E-state index in [1.807, 2.05) is 6.07 Å². The summed E-state index contributed by atoms with van der Waals surface area (Å²) in [6.45, 7) is 11.0. The van der Waals surface area contributed by atoms with Crippen LogP contribution in [0.15, 0.2) is 35.2 Å². The van der Waals surface area contributed by atoms with Crippen molar-refractivity contribution in [3.8, 4) is 0 Å². The van der Waals surface area contributed by atoms with Crippen LogP contribution in [-0.2, 0) is 4.43 Å². The van der Waals surface area contributed by atoms with Gasteiger partial charge in [-0.2, -0.15) is 0 Å². The van der Waals surface area contributed by atoms with Crippen molar-refractivity contribution in [3.63, 3.8) is 0 Å². The van der Waals surface area contributed by atoms with Gasteiger partial charge in [0.2, 0.25) is 0 Å². The summed E-state index contributed by atoms with van der Waals surface area (Å²) in [6, 6.07) is 10.4. The summed E-state index contributed by atoms with van der Waals surface area (Å²) in [4.78, 5) is 1.13. The lowest BCUT2D eigenvalue weighted by Crippen LogP contribution is -2.36. The average Bonchev–Trinajstić information content (AvgIpc) is 1.99. The number of thioether (sulfide) groups is 1.